The zero-order valence-electron chi connectivity index (χ0n) is 19.1. The number of allylic oxidation sites excluding steroid dienone is 4. The molecule has 0 radical (unpaired) electrons. The molecule has 5 heteroatoms. The van der Waals surface area contributed by atoms with Crippen LogP contribution in [0.15, 0.2) is 114 Å². The SMILES string of the molecule is C=C/C=C(OC)\C(=C/C)c1ccc(-c2nc(-c3ccccc3)nc(-c3cccc(Br)c3)n2)cc1. The molecular weight excluding hydrogens is 486 g/mol. The van der Waals surface area contributed by atoms with Crippen molar-refractivity contribution in [3.05, 3.63) is 119 Å². The van der Waals surface area contributed by atoms with Gasteiger partial charge in [-0.1, -0.05) is 101 Å². The number of hydrogen-bond donors (Lipinski definition) is 0. The standard InChI is InChI=1S/C29H24BrN3O/c1-4-10-26(34-3)25(5-2)20-15-17-22(18-16-20)28-31-27(21-11-7-6-8-12-21)32-29(33-28)23-13-9-14-24(30)19-23/h4-19H,1H2,2-3H3/b25-5-,26-10+. The van der Waals surface area contributed by atoms with Crippen LogP contribution in [0.4, 0.5) is 0 Å². The van der Waals surface area contributed by atoms with E-state index in [9.17, 15) is 0 Å². The summed E-state index contributed by atoms with van der Waals surface area (Å²) in [4.78, 5) is 14.4. The van der Waals surface area contributed by atoms with Crippen LogP contribution in [0.2, 0.25) is 0 Å². The second-order valence-electron chi connectivity index (χ2n) is 7.43. The number of methoxy groups -OCH3 is 1. The molecule has 0 aliphatic rings. The number of ether oxygens (including phenoxy) is 1. The molecule has 34 heavy (non-hydrogen) atoms. The van der Waals surface area contributed by atoms with Crippen LogP contribution in [0.5, 0.6) is 0 Å². The molecule has 1 heterocycles. The molecule has 0 fully saturated rings. The number of nitrogens with zero attached hydrogens (tertiary/aromatic N) is 3. The summed E-state index contributed by atoms with van der Waals surface area (Å²) >= 11 is 3.55. The van der Waals surface area contributed by atoms with Gasteiger partial charge in [0, 0.05) is 26.7 Å². The van der Waals surface area contributed by atoms with Crippen LogP contribution in [0.1, 0.15) is 12.5 Å². The van der Waals surface area contributed by atoms with Crippen molar-refractivity contribution in [2.24, 2.45) is 0 Å². The second-order valence-corrected chi connectivity index (χ2v) is 8.35. The van der Waals surface area contributed by atoms with Crippen molar-refractivity contribution in [1.82, 2.24) is 15.0 Å². The molecule has 0 amide bonds. The first-order valence-electron chi connectivity index (χ1n) is 10.8. The summed E-state index contributed by atoms with van der Waals surface area (Å²) in [6.45, 7) is 5.76. The van der Waals surface area contributed by atoms with E-state index in [-0.39, 0.29) is 0 Å². The Hall–Kier alpha value is -3.83. The van der Waals surface area contributed by atoms with E-state index < -0.39 is 0 Å². The van der Waals surface area contributed by atoms with E-state index in [0.29, 0.717) is 17.5 Å². The Morgan fingerprint density at radius 1 is 0.794 bits per heavy atom. The van der Waals surface area contributed by atoms with E-state index in [1.165, 1.54) is 0 Å². The summed E-state index contributed by atoms with van der Waals surface area (Å²) in [6.07, 6.45) is 5.59. The molecule has 0 unspecified atom stereocenters. The van der Waals surface area contributed by atoms with Crippen molar-refractivity contribution in [3.63, 3.8) is 0 Å². The van der Waals surface area contributed by atoms with Crippen LogP contribution in [-0.4, -0.2) is 22.1 Å². The topological polar surface area (TPSA) is 47.9 Å². The number of rotatable bonds is 7. The molecule has 0 aliphatic carbocycles. The van der Waals surface area contributed by atoms with Gasteiger partial charge in [-0.15, -0.1) is 0 Å². The minimum absolute atomic E-state index is 0.617. The van der Waals surface area contributed by atoms with Crippen molar-refractivity contribution >= 4 is 21.5 Å². The molecule has 0 spiro atoms. The summed E-state index contributed by atoms with van der Waals surface area (Å²) in [5, 5.41) is 0. The molecule has 168 valence electrons. The van der Waals surface area contributed by atoms with E-state index in [0.717, 1.165) is 38.1 Å². The van der Waals surface area contributed by atoms with Crippen molar-refractivity contribution in [2.45, 2.75) is 6.92 Å². The van der Waals surface area contributed by atoms with Crippen LogP contribution in [0.3, 0.4) is 0 Å². The molecular formula is C29H24BrN3O. The minimum Gasteiger partial charge on any atom is -0.496 e. The quantitative estimate of drug-likeness (QED) is 0.188. The van der Waals surface area contributed by atoms with E-state index >= 15 is 0 Å². The fourth-order valence-electron chi connectivity index (χ4n) is 3.60. The van der Waals surface area contributed by atoms with Gasteiger partial charge in [-0.25, -0.2) is 15.0 Å². The Morgan fingerprint density at radius 2 is 1.38 bits per heavy atom. The minimum atomic E-state index is 0.617. The Morgan fingerprint density at radius 3 is 1.94 bits per heavy atom. The molecule has 0 N–H and O–H groups in total. The molecule has 1 aromatic heterocycles. The van der Waals surface area contributed by atoms with E-state index in [2.05, 4.69) is 22.5 Å². The lowest BCUT2D eigenvalue weighted by molar-refractivity contribution is 0.311. The van der Waals surface area contributed by atoms with Crippen LogP contribution >= 0.6 is 15.9 Å². The Labute approximate surface area is 208 Å². The van der Waals surface area contributed by atoms with E-state index in [1.54, 1.807) is 13.2 Å². The predicted octanol–water partition coefficient (Wildman–Crippen LogP) is 7.75. The van der Waals surface area contributed by atoms with Crippen molar-refractivity contribution in [1.29, 1.82) is 0 Å². The van der Waals surface area contributed by atoms with Crippen molar-refractivity contribution in [2.75, 3.05) is 7.11 Å². The molecule has 0 saturated heterocycles. The molecule has 4 aromatic rings. The van der Waals surface area contributed by atoms with Crippen molar-refractivity contribution < 1.29 is 4.74 Å². The van der Waals surface area contributed by atoms with Gasteiger partial charge in [0.05, 0.1) is 7.11 Å². The second kappa shape index (κ2) is 10.9. The fraction of sp³-hybridized carbons (Fsp3) is 0.0690. The normalized spacial score (nSPS) is 11.9. The third-order valence-corrected chi connectivity index (χ3v) is 5.74. The van der Waals surface area contributed by atoms with Crippen LogP contribution in [-0.2, 0) is 4.74 Å². The summed E-state index contributed by atoms with van der Waals surface area (Å²) in [5.74, 6) is 2.63. The van der Waals surface area contributed by atoms with Gasteiger partial charge in [-0.2, -0.15) is 0 Å². The van der Waals surface area contributed by atoms with Gasteiger partial charge in [0.15, 0.2) is 17.5 Å². The number of hydrogen-bond acceptors (Lipinski definition) is 4. The molecule has 0 bridgehead atoms. The average molecular weight is 510 g/mol. The predicted molar refractivity (Wildman–Crippen MR) is 143 cm³/mol. The zero-order chi connectivity index (χ0) is 23.9. The Bertz CT molecular complexity index is 1360. The smallest absolute Gasteiger partial charge is 0.164 e. The monoisotopic (exact) mass is 509 g/mol. The highest BCUT2D eigenvalue weighted by Crippen LogP contribution is 2.29. The fourth-order valence-corrected chi connectivity index (χ4v) is 4.00. The van der Waals surface area contributed by atoms with Gasteiger partial charge in [0.2, 0.25) is 0 Å². The number of halogens is 1. The highest BCUT2D eigenvalue weighted by atomic mass is 79.9. The first-order valence-corrected chi connectivity index (χ1v) is 11.6. The maximum absolute atomic E-state index is 5.54. The lowest BCUT2D eigenvalue weighted by Crippen LogP contribution is -2.00. The largest absolute Gasteiger partial charge is 0.496 e. The first kappa shape index (κ1) is 23.3. The number of benzene rings is 3. The lowest BCUT2D eigenvalue weighted by atomic mass is 10.0. The lowest BCUT2D eigenvalue weighted by Gasteiger charge is -2.12. The van der Waals surface area contributed by atoms with Gasteiger partial charge >= 0.3 is 0 Å². The summed E-state index contributed by atoms with van der Waals surface area (Å²) in [5.41, 5.74) is 4.79. The molecule has 4 nitrogen and oxygen atoms in total. The van der Waals surface area contributed by atoms with Crippen molar-refractivity contribution in [3.8, 4) is 34.2 Å². The van der Waals surface area contributed by atoms with Crippen LogP contribution in [0.25, 0.3) is 39.7 Å². The molecule has 0 atom stereocenters. The summed E-state index contributed by atoms with van der Waals surface area (Å²) in [7, 11) is 1.66. The maximum atomic E-state index is 5.54. The summed E-state index contributed by atoms with van der Waals surface area (Å²) < 4.78 is 6.51. The zero-order valence-corrected chi connectivity index (χ0v) is 20.7. The van der Waals surface area contributed by atoms with Gasteiger partial charge in [-0.3, -0.25) is 0 Å². The number of aromatic nitrogens is 3. The van der Waals surface area contributed by atoms with Gasteiger partial charge < -0.3 is 4.74 Å². The molecule has 4 rings (SSSR count). The first-order chi connectivity index (χ1) is 16.6. The van der Waals surface area contributed by atoms with E-state index in [4.69, 9.17) is 19.7 Å². The average Bonchev–Trinajstić information content (AvgIpc) is 2.89. The van der Waals surface area contributed by atoms with Gasteiger partial charge in [0.1, 0.15) is 5.76 Å². The highest BCUT2D eigenvalue weighted by Gasteiger charge is 2.13. The Balaban J connectivity index is 1.80. The molecule has 3 aromatic carbocycles. The Kier molecular flexibility index (Phi) is 7.45. The maximum Gasteiger partial charge on any atom is 0.164 e. The molecule has 0 aliphatic heterocycles. The molecule has 0 saturated carbocycles. The highest BCUT2D eigenvalue weighted by molar-refractivity contribution is 9.10. The third-order valence-electron chi connectivity index (χ3n) is 5.25. The van der Waals surface area contributed by atoms with E-state index in [1.807, 2.05) is 97.9 Å². The summed E-state index contributed by atoms with van der Waals surface area (Å²) in [6, 6.07) is 26.1. The van der Waals surface area contributed by atoms with Crippen LogP contribution < -0.4 is 0 Å². The van der Waals surface area contributed by atoms with Gasteiger partial charge in [0.25, 0.3) is 0 Å². The van der Waals surface area contributed by atoms with Gasteiger partial charge in [-0.05, 0) is 30.7 Å². The third kappa shape index (κ3) is 5.21. The van der Waals surface area contributed by atoms with Crippen LogP contribution in [0, 0.1) is 0 Å².